The Morgan fingerprint density at radius 1 is 0.381 bits per heavy atom. The topological polar surface area (TPSA) is 0 Å². The van der Waals surface area contributed by atoms with Crippen molar-refractivity contribution in [3.63, 3.8) is 0 Å². The van der Waals surface area contributed by atoms with Crippen molar-refractivity contribution in [2.75, 3.05) is 0 Å². The molecule has 1 rings (SSSR count). The largest absolute Gasteiger partial charge is 0.306 e. The van der Waals surface area contributed by atoms with Crippen LogP contribution in [0.15, 0.2) is 24.3 Å². The standard InChI is InChI=1S/C8H6.13Y/c1-7-5-3-4-6-8(7)2;;;;;;;;;;;;;/h1-6H;;;;;;;;;;;;;/q-2;;;;;;;;;;;;;. The Kier molecular flexibility index (Phi) is 255. The van der Waals surface area contributed by atoms with Gasteiger partial charge in [-0.3, -0.25) is 13.2 Å². The van der Waals surface area contributed by atoms with Gasteiger partial charge >= 0.3 is 0 Å². The minimum absolute atomic E-state index is 0. The third-order valence-corrected chi connectivity index (χ3v) is 0.996. The first-order valence-electron chi connectivity index (χ1n) is 2.40. The number of hydrogen-bond donors (Lipinski definition) is 0. The molecule has 1 aromatic carbocycles. The van der Waals surface area contributed by atoms with Gasteiger partial charge in [0.05, 0.1) is 0 Å². The van der Waals surface area contributed by atoms with E-state index < -0.39 is 0 Å². The summed E-state index contributed by atoms with van der Waals surface area (Å²) >= 11 is 0. The molecule has 13 heteroatoms. The Balaban J connectivity index is -0.00000000448. The summed E-state index contributed by atoms with van der Waals surface area (Å²) in [5, 5.41) is 1.29. The predicted molar refractivity (Wildman–Crippen MR) is 34.6 cm³/mol. The second-order valence-electron chi connectivity index (χ2n) is 1.63. The quantitative estimate of drug-likeness (QED) is 0.327. The zero-order valence-corrected chi connectivity index (χ0v) is 48.9. The molecule has 0 atom stereocenters. The molecule has 0 aromatic heterocycles. The average molecular weight is 1260 g/mol. The zero-order chi connectivity index (χ0) is 5.98. The van der Waals surface area contributed by atoms with E-state index in [1.54, 1.807) is 12.1 Å². The van der Waals surface area contributed by atoms with Gasteiger partial charge in [-0.1, -0.05) is 0 Å². The van der Waals surface area contributed by atoms with Gasteiger partial charge in [0.1, 0.15) is 0 Å². The molecule has 0 amide bonds. The van der Waals surface area contributed by atoms with Gasteiger partial charge in [-0.2, -0.15) is 0 Å². The summed E-state index contributed by atoms with van der Waals surface area (Å²) in [5.74, 6) is 0. The molecule has 21 heavy (non-hydrogen) atoms. The first-order valence-corrected chi connectivity index (χ1v) is 2.40. The third-order valence-electron chi connectivity index (χ3n) is 0.996. The summed E-state index contributed by atoms with van der Waals surface area (Å²) in [6.45, 7) is 10.8. The number of hydrogen-bond acceptors (Lipinski definition) is 0. The molecule has 0 fully saturated rings. The second-order valence-corrected chi connectivity index (χ2v) is 1.63. The fourth-order valence-corrected chi connectivity index (χ4v) is 0.511. The van der Waals surface area contributed by atoms with Crippen molar-refractivity contribution in [1.82, 2.24) is 0 Å². The van der Waals surface area contributed by atoms with E-state index in [1.165, 1.54) is 0 Å². The summed E-state index contributed by atoms with van der Waals surface area (Å²) in [6.07, 6.45) is 0. The van der Waals surface area contributed by atoms with E-state index in [9.17, 15) is 0 Å². The molecule has 1 aromatic rings. The molecular weight excluding hydrogens is 1250 g/mol. The maximum absolute atomic E-state index is 5.39. The van der Waals surface area contributed by atoms with Crippen LogP contribution < -0.4 is 10.4 Å². The Morgan fingerprint density at radius 2 is 0.524 bits per heavy atom. The van der Waals surface area contributed by atoms with Gasteiger partial charge in [0, 0.05) is 425 Å². The monoisotopic (exact) mass is 1260 g/mol. The molecular formula is C8H6Y13-2. The Hall–Kier alpha value is 13.3. The minimum Gasteiger partial charge on any atom is -0.306 e. The average Bonchev–Trinajstić information content (AvgIpc) is 1.77. The minimum atomic E-state index is 0. The van der Waals surface area contributed by atoms with Gasteiger partial charge in [0.15, 0.2) is 0 Å². The van der Waals surface area contributed by atoms with Crippen LogP contribution in [-0.4, -0.2) is 0 Å². The Labute approximate surface area is 457 Å². The van der Waals surface area contributed by atoms with Crippen LogP contribution in [0.1, 0.15) is 0 Å². The van der Waals surface area contributed by atoms with Crippen LogP contribution in [0.4, 0.5) is 0 Å². The van der Waals surface area contributed by atoms with Gasteiger partial charge in [-0.25, -0.2) is 12.1 Å². The summed E-state index contributed by atoms with van der Waals surface area (Å²) in [4.78, 5) is 0. The van der Waals surface area contributed by atoms with Crippen molar-refractivity contribution >= 4 is 13.2 Å². The summed E-state index contributed by atoms with van der Waals surface area (Å²) in [7, 11) is 0. The first-order chi connectivity index (χ1) is 3.80. The van der Waals surface area contributed by atoms with Crippen LogP contribution >= 0.6 is 0 Å². The molecule has 0 bridgehead atoms. The molecule has 0 N–H and O–H groups in total. The third kappa shape index (κ3) is 55.3. The van der Waals surface area contributed by atoms with Gasteiger partial charge in [-0.15, -0.1) is 12.1 Å². The van der Waals surface area contributed by atoms with Crippen molar-refractivity contribution in [3.05, 3.63) is 34.7 Å². The van der Waals surface area contributed by atoms with Gasteiger partial charge in [0.25, 0.3) is 0 Å². The smallest absolute Gasteiger partial charge is 0 e. The normalized spacial score (nSPS) is 3.43. The fourth-order valence-electron chi connectivity index (χ4n) is 0.511. The maximum Gasteiger partial charge on any atom is 0 e. The number of benzene rings is 1. The van der Waals surface area contributed by atoms with E-state index >= 15 is 0 Å². The van der Waals surface area contributed by atoms with E-state index in [2.05, 4.69) is 0 Å². The van der Waals surface area contributed by atoms with Crippen LogP contribution in [0.3, 0.4) is 0 Å². The zero-order valence-electron chi connectivity index (χ0n) is 12.0. The Morgan fingerprint density at radius 3 is 0.619 bits per heavy atom. The van der Waals surface area contributed by atoms with Crippen LogP contribution in [0.25, 0.3) is 13.2 Å². The molecule has 0 spiro atoms. The summed E-state index contributed by atoms with van der Waals surface area (Å²) in [5.41, 5.74) is 0. The van der Waals surface area contributed by atoms with E-state index in [-0.39, 0.29) is 425 Å². The van der Waals surface area contributed by atoms with Crippen molar-refractivity contribution < 1.29 is 425 Å². The SMILES string of the molecule is [CH-]=c1ccccc1=[CH-].[Y].[Y].[Y].[Y].[Y].[Y].[Y].[Y].[Y].[Y].[Y].[Y].[Y]. The van der Waals surface area contributed by atoms with E-state index in [1.807, 2.05) is 12.1 Å². The van der Waals surface area contributed by atoms with Crippen molar-refractivity contribution in [1.29, 1.82) is 0 Å². The van der Waals surface area contributed by atoms with E-state index in [0.29, 0.717) is 10.4 Å². The van der Waals surface area contributed by atoms with E-state index in [4.69, 9.17) is 13.2 Å². The second kappa shape index (κ2) is 64.0. The molecule has 79 valence electrons. The van der Waals surface area contributed by atoms with Crippen molar-refractivity contribution in [2.24, 2.45) is 0 Å². The summed E-state index contributed by atoms with van der Waals surface area (Å²) < 4.78 is 0. The van der Waals surface area contributed by atoms with E-state index in [0.717, 1.165) is 0 Å². The van der Waals surface area contributed by atoms with Crippen LogP contribution in [0.2, 0.25) is 0 Å². The van der Waals surface area contributed by atoms with Crippen LogP contribution in [0.5, 0.6) is 0 Å². The molecule has 0 aliphatic carbocycles. The molecule has 0 saturated heterocycles. The molecule has 0 nitrogen and oxygen atoms in total. The van der Waals surface area contributed by atoms with Crippen molar-refractivity contribution in [3.8, 4) is 0 Å². The van der Waals surface area contributed by atoms with Crippen LogP contribution in [-0.2, 0) is 425 Å². The maximum atomic E-state index is 5.39. The van der Waals surface area contributed by atoms with Gasteiger partial charge in [-0.05, 0) is 0 Å². The van der Waals surface area contributed by atoms with Gasteiger partial charge in [0.2, 0.25) is 0 Å². The van der Waals surface area contributed by atoms with Gasteiger partial charge < -0.3 is 10.4 Å². The fraction of sp³-hybridized carbons (Fsp3) is 0. The molecule has 0 aliphatic rings. The molecule has 0 unspecified atom stereocenters. The summed E-state index contributed by atoms with van der Waals surface area (Å²) in [6, 6.07) is 7.25. The first kappa shape index (κ1) is 83.8. The predicted octanol–water partition coefficient (Wildman–Crippen LogP) is 0.229. The van der Waals surface area contributed by atoms with Crippen molar-refractivity contribution in [2.45, 2.75) is 0 Å². The molecule has 0 saturated carbocycles. The molecule has 0 aliphatic heterocycles. The number of rotatable bonds is 0. The molecule has 0 heterocycles. The Bertz CT molecular complexity index is 251. The molecule has 13 radical (unpaired) electrons. The van der Waals surface area contributed by atoms with Crippen LogP contribution in [0, 0.1) is 0 Å².